The molecule has 1 aromatic carbocycles. The lowest BCUT2D eigenvalue weighted by Crippen LogP contribution is -2.20. The molecule has 21 heavy (non-hydrogen) atoms. The molecule has 0 spiro atoms. The Morgan fingerprint density at radius 2 is 1.67 bits per heavy atom. The van der Waals surface area contributed by atoms with Crippen molar-refractivity contribution in [1.29, 1.82) is 0 Å². The van der Waals surface area contributed by atoms with Crippen molar-refractivity contribution in [2.45, 2.75) is 26.2 Å². The molecule has 0 unspecified atom stereocenters. The normalized spacial score (nSPS) is 11.6. The monoisotopic (exact) mass is 372 g/mol. The van der Waals surface area contributed by atoms with Gasteiger partial charge in [0.05, 0.1) is 21.5 Å². The lowest BCUT2D eigenvalue weighted by Gasteiger charge is -2.11. The van der Waals surface area contributed by atoms with Crippen LogP contribution in [0.1, 0.15) is 26.2 Å². The zero-order valence-corrected chi connectivity index (χ0v) is 14.8. The van der Waals surface area contributed by atoms with E-state index in [2.05, 4.69) is 17.0 Å². The third-order valence-corrected chi connectivity index (χ3v) is 4.86. The van der Waals surface area contributed by atoms with Crippen molar-refractivity contribution in [2.24, 2.45) is 0 Å². The Labute approximate surface area is 141 Å². The fourth-order valence-electron chi connectivity index (χ4n) is 1.69. The maximum Gasteiger partial charge on any atom is 0.232 e. The van der Waals surface area contributed by atoms with E-state index >= 15 is 0 Å². The van der Waals surface area contributed by atoms with Gasteiger partial charge in [0.25, 0.3) is 0 Å². The van der Waals surface area contributed by atoms with Gasteiger partial charge in [0.15, 0.2) is 0 Å². The molecule has 0 aliphatic rings. The third-order valence-electron chi connectivity index (χ3n) is 2.71. The van der Waals surface area contributed by atoms with E-state index in [1.54, 1.807) is 0 Å². The lowest BCUT2D eigenvalue weighted by molar-refractivity contribution is 0.590. The molecule has 1 aromatic rings. The quantitative estimate of drug-likeness (QED) is 0.639. The van der Waals surface area contributed by atoms with Crippen LogP contribution in [-0.4, -0.2) is 27.3 Å². The lowest BCUT2D eigenvalue weighted by atomic mass is 10.3. The molecule has 0 aromatic heterocycles. The number of hydrogen-bond donors (Lipinski definition) is 2. The van der Waals surface area contributed by atoms with Crippen LogP contribution in [0.2, 0.25) is 15.1 Å². The highest BCUT2D eigenvalue weighted by atomic mass is 35.5. The number of rotatable bonds is 9. The first-order valence-corrected chi connectivity index (χ1v) is 9.50. The fourth-order valence-corrected chi connectivity index (χ4v) is 3.93. The van der Waals surface area contributed by atoms with E-state index in [0.29, 0.717) is 11.4 Å². The molecular weight excluding hydrogens is 355 g/mol. The van der Waals surface area contributed by atoms with Gasteiger partial charge in [-0.2, -0.15) is 0 Å². The molecule has 4 nitrogen and oxygen atoms in total. The van der Waals surface area contributed by atoms with Crippen molar-refractivity contribution in [2.75, 3.05) is 23.6 Å². The molecule has 0 heterocycles. The third kappa shape index (κ3) is 7.06. The van der Waals surface area contributed by atoms with Crippen LogP contribution in [-0.2, 0) is 10.0 Å². The van der Waals surface area contributed by atoms with Crippen molar-refractivity contribution in [3.05, 3.63) is 27.2 Å². The topological polar surface area (TPSA) is 58.2 Å². The highest BCUT2D eigenvalue weighted by Crippen LogP contribution is 2.34. The first-order valence-electron chi connectivity index (χ1n) is 6.71. The number of nitrogens with one attached hydrogen (secondary N) is 2. The van der Waals surface area contributed by atoms with E-state index < -0.39 is 10.0 Å². The minimum Gasteiger partial charge on any atom is -0.317 e. The first-order chi connectivity index (χ1) is 9.85. The Kier molecular flexibility index (Phi) is 8.13. The number of anilines is 1. The Balaban J connectivity index is 2.53. The van der Waals surface area contributed by atoms with Crippen LogP contribution in [0, 0.1) is 0 Å². The highest BCUT2D eigenvalue weighted by Gasteiger charge is 2.15. The van der Waals surface area contributed by atoms with Gasteiger partial charge in [0.2, 0.25) is 10.0 Å². The summed E-state index contributed by atoms with van der Waals surface area (Å²) < 4.78 is 26.4. The summed E-state index contributed by atoms with van der Waals surface area (Å²) in [6.07, 6.45) is 2.42. The van der Waals surface area contributed by atoms with Crippen LogP contribution in [0.5, 0.6) is 0 Å². The fraction of sp³-hybridized carbons (Fsp3) is 0.538. The van der Waals surface area contributed by atoms with Gasteiger partial charge in [-0.3, -0.25) is 4.72 Å². The zero-order chi connectivity index (χ0) is 15.9. The maximum absolute atomic E-state index is 12.0. The SMILES string of the molecule is CCCNCCCCS(=O)(=O)Nc1c(Cl)cc(Cl)cc1Cl. The number of sulfonamides is 1. The van der Waals surface area contributed by atoms with Gasteiger partial charge >= 0.3 is 0 Å². The Hall–Kier alpha value is -0.200. The molecular formula is C13H19Cl3N2O2S. The molecule has 0 atom stereocenters. The summed E-state index contributed by atoms with van der Waals surface area (Å²) in [6, 6.07) is 2.89. The van der Waals surface area contributed by atoms with Crippen LogP contribution in [0.4, 0.5) is 5.69 Å². The molecule has 0 saturated heterocycles. The largest absolute Gasteiger partial charge is 0.317 e. The van der Waals surface area contributed by atoms with Crippen LogP contribution in [0.15, 0.2) is 12.1 Å². The van der Waals surface area contributed by atoms with Crippen LogP contribution < -0.4 is 10.0 Å². The highest BCUT2D eigenvalue weighted by molar-refractivity contribution is 7.92. The van der Waals surface area contributed by atoms with Crippen molar-refractivity contribution in [1.82, 2.24) is 5.32 Å². The molecule has 1 rings (SSSR count). The predicted octanol–water partition coefficient (Wildman–Crippen LogP) is 4.17. The van der Waals surface area contributed by atoms with Crippen molar-refractivity contribution < 1.29 is 8.42 Å². The van der Waals surface area contributed by atoms with Crippen molar-refractivity contribution in [3.63, 3.8) is 0 Å². The average Bonchev–Trinajstić information content (AvgIpc) is 2.38. The van der Waals surface area contributed by atoms with Gasteiger partial charge in [0, 0.05) is 5.02 Å². The van der Waals surface area contributed by atoms with E-state index in [-0.39, 0.29) is 21.5 Å². The molecule has 120 valence electrons. The predicted molar refractivity (Wildman–Crippen MR) is 91.3 cm³/mol. The molecule has 8 heteroatoms. The molecule has 0 saturated carbocycles. The number of halogens is 3. The van der Waals surface area contributed by atoms with Crippen LogP contribution in [0.25, 0.3) is 0 Å². The standard InChI is InChI=1S/C13H19Cl3N2O2S/c1-2-5-17-6-3-4-7-21(19,20)18-13-11(15)8-10(14)9-12(13)16/h8-9,17-18H,2-7H2,1H3. The smallest absolute Gasteiger partial charge is 0.232 e. The van der Waals surface area contributed by atoms with Crippen LogP contribution >= 0.6 is 34.8 Å². The summed E-state index contributed by atoms with van der Waals surface area (Å²) in [6.45, 7) is 3.84. The van der Waals surface area contributed by atoms with Gasteiger partial charge < -0.3 is 5.32 Å². The molecule has 0 radical (unpaired) electrons. The Morgan fingerprint density at radius 1 is 1.05 bits per heavy atom. The average molecular weight is 374 g/mol. The van der Waals surface area contributed by atoms with E-state index in [0.717, 1.165) is 25.9 Å². The Bertz CT molecular complexity index is 542. The second kappa shape index (κ2) is 9.06. The molecule has 0 fully saturated rings. The number of hydrogen-bond acceptors (Lipinski definition) is 3. The second-order valence-corrected chi connectivity index (χ2v) is 7.72. The summed E-state index contributed by atoms with van der Waals surface area (Å²) in [5.41, 5.74) is 0.173. The van der Waals surface area contributed by atoms with Crippen molar-refractivity contribution >= 4 is 50.5 Å². The van der Waals surface area contributed by atoms with Gasteiger partial charge in [-0.25, -0.2) is 8.42 Å². The van der Waals surface area contributed by atoms with Gasteiger partial charge in [-0.15, -0.1) is 0 Å². The second-order valence-electron chi connectivity index (χ2n) is 4.62. The molecule has 0 bridgehead atoms. The summed E-state index contributed by atoms with van der Waals surface area (Å²) in [5, 5.41) is 3.94. The molecule has 0 aliphatic carbocycles. The summed E-state index contributed by atoms with van der Waals surface area (Å²) in [4.78, 5) is 0. The first kappa shape index (κ1) is 18.8. The van der Waals surface area contributed by atoms with Crippen molar-refractivity contribution in [3.8, 4) is 0 Å². The molecule has 0 aliphatic heterocycles. The van der Waals surface area contributed by atoms with Crippen LogP contribution in [0.3, 0.4) is 0 Å². The van der Waals surface area contributed by atoms with Gasteiger partial charge in [-0.05, 0) is 44.5 Å². The van der Waals surface area contributed by atoms with E-state index in [1.165, 1.54) is 12.1 Å². The van der Waals surface area contributed by atoms with Gasteiger partial charge in [0.1, 0.15) is 0 Å². The van der Waals surface area contributed by atoms with E-state index in [4.69, 9.17) is 34.8 Å². The van der Waals surface area contributed by atoms with E-state index in [1.807, 2.05) is 0 Å². The number of benzene rings is 1. The summed E-state index contributed by atoms with van der Waals surface area (Å²) in [5.74, 6) is 0.0239. The minimum atomic E-state index is -3.47. The maximum atomic E-state index is 12.0. The Morgan fingerprint density at radius 3 is 2.24 bits per heavy atom. The molecule has 0 amide bonds. The van der Waals surface area contributed by atoms with Gasteiger partial charge in [-0.1, -0.05) is 41.7 Å². The number of unbranched alkanes of at least 4 members (excludes halogenated alkanes) is 1. The minimum absolute atomic E-state index is 0.0239. The van der Waals surface area contributed by atoms with E-state index in [9.17, 15) is 8.42 Å². The molecule has 2 N–H and O–H groups in total. The summed E-state index contributed by atoms with van der Waals surface area (Å²) >= 11 is 17.7. The zero-order valence-electron chi connectivity index (χ0n) is 11.8. The summed E-state index contributed by atoms with van der Waals surface area (Å²) in [7, 11) is -3.47.